The predicted molar refractivity (Wildman–Crippen MR) is 104 cm³/mol. The third-order valence-electron chi connectivity index (χ3n) is 4.11. The lowest BCUT2D eigenvalue weighted by Gasteiger charge is -2.38. The Morgan fingerprint density at radius 2 is 1.59 bits per heavy atom. The van der Waals surface area contributed by atoms with E-state index in [1.54, 1.807) is 26.0 Å². The average Bonchev–Trinajstić information content (AvgIpc) is 2.64. The lowest BCUT2D eigenvalue weighted by molar-refractivity contribution is 0.0236. The van der Waals surface area contributed by atoms with Gasteiger partial charge in [0.2, 0.25) is 5.75 Å². The van der Waals surface area contributed by atoms with Crippen LogP contribution in [0, 0.1) is 0 Å². The number of phenols is 1. The van der Waals surface area contributed by atoms with Crippen LogP contribution in [0.5, 0.6) is 17.2 Å². The van der Waals surface area contributed by atoms with Crippen molar-refractivity contribution in [2.45, 2.75) is 19.6 Å². The van der Waals surface area contributed by atoms with Gasteiger partial charge in [-0.2, -0.15) is 0 Å². The molecule has 2 rings (SSSR count). The Hall–Kier alpha value is -1.02. The largest absolute Gasteiger partial charge is 0.502 e. The van der Waals surface area contributed by atoms with E-state index in [0.717, 1.165) is 0 Å². The van der Waals surface area contributed by atoms with Crippen LogP contribution in [0.3, 0.4) is 0 Å². The molecule has 27 heavy (non-hydrogen) atoms. The van der Waals surface area contributed by atoms with Gasteiger partial charge in [-0.1, -0.05) is 0 Å². The molecule has 1 N–H and O–H groups in total. The first-order chi connectivity index (χ1) is 12.5. The number of hydrogen-bond acceptors (Lipinski definition) is 8. The fourth-order valence-corrected chi connectivity index (χ4v) is 5.24. The van der Waals surface area contributed by atoms with E-state index in [-0.39, 0.29) is 42.9 Å². The van der Waals surface area contributed by atoms with Crippen molar-refractivity contribution in [2.75, 3.05) is 53.7 Å². The summed E-state index contributed by atoms with van der Waals surface area (Å²) in [6.07, 6.45) is 0. The Kier molecular flexibility index (Phi) is 9.87. The van der Waals surface area contributed by atoms with Crippen LogP contribution >= 0.6 is 20.0 Å². The molecule has 0 saturated carbocycles. The van der Waals surface area contributed by atoms with E-state index in [9.17, 15) is 9.67 Å². The van der Waals surface area contributed by atoms with Crippen molar-refractivity contribution in [3.8, 4) is 17.2 Å². The van der Waals surface area contributed by atoms with Gasteiger partial charge in [0.25, 0.3) is 0 Å². The summed E-state index contributed by atoms with van der Waals surface area (Å²) in [7, 11) is -0.616. The van der Waals surface area contributed by atoms with Crippen molar-refractivity contribution in [3.63, 3.8) is 0 Å². The highest BCUT2D eigenvalue weighted by molar-refractivity contribution is 7.54. The molecule has 0 amide bonds. The van der Waals surface area contributed by atoms with Gasteiger partial charge in [0.1, 0.15) is 5.78 Å². The molecule has 0 bridgehead atoms. The first-order valence-electron chi connectivity index (χ1n) is 8.66. The number of halogens is 1. The highest BCUT2D eigenvalue weighted by atomic mass is 35.5. The second-order valence-corrected chi connectivity index (χ2v) is 7.76. The average molecular weight is 426 g/mol. The van der Waals surface area contributed by atoms with E-state index in [1.165, 1.54) is 14.2 Å². The molecule has 1 aliphatic rings. The molecular weight excluding hydrogens is 397 g/mol. The predicted octanol–water partition coefficient (Wildman–Crippen LogP) is 3.43. The Bertz CT molecular complexity index is 605. The second kappa shape index (κ2) is 11.1. The Morgan fingerprint density at radius 3 is 2.00 bits per heavy atom. The lowest BCUT2D eigenvalue weighted by atomic mass is 10.1. The molecule has 1 aliphatic heterocycles. The maximum absolute atomic E-state index is 13.6. The van der Waals surface area contributed by atoms with Gasteiger partial charge in [-0.15, -0.1) is 12.4 Å². The van der Waals surface area contributed by atoms with Gasteiger partial charge in [-0.3, -0.25) is 9.46 Å². The smallest absolute Gasteiger partial charge is 0.352 e. The summed E-state index contributed by atoms with van der Waals surface area (Å²) in [6, 6.07) is 3.28. The maximum atomic E-state index is 13.6. The highest BCUT2D eigenvalue weighted by Gasteiger charge is 2.42. The van der Waals surface area contributed by atoms with Crippen molar-refractivity contribution < 1.29 is 32.9 Å². The molecule has 1 atom stereocenters. The number of aromatic hydroxyl groups is 1. The molecule has 1 unspecified atom stereocenters. The first kappa shape index (κ1) is 24.0. The van der Waals surface area contributed by atoms with Crippen molar-refractivity contribution in [3.05, 3.63) is 17.7 Å². The summed E-state index contributed by atoms with van der Waals surface area (Å²) in [5, 5.41) is 10.2. The number of ether oxygens (including phenoxy) is 3. The van der Waals surface area contributed by atoms with Crippen LogP contribution in [0.1, 0.15) is 25.2 Å². The molecule has 156 valence electrons. The fourth-order valence-electron chi connectivity index (χ4n) is 3.02. The summed E-state index contributed by atoms with van der Waals surface area (Å²) in [5.41, 5.74) is 0.628. The van der Waals surface area contributed by atoms with Gasteiger partial charge in [0.05, 0.1) is 40.6 Å². The van der Waals surface area contributed by atoms with Crippen LogP contribution in [0.25, 0.3) is 0 Å². The number of methoxy groups -OCH3 is 2. The minimum Gasteiger partial charge on any atom is -0.502 e. The molecule has 10 heteroatoms. The van der Waals surface area contributed by atoms with Crippen molar-refractivity contribution in [2.24, 2.45) is 0 Å². The molecule has 1 saturated heterocycles. The maximum Gasteiger partial charge on any atom is 0.352 e. The van der Waals surface area contributed by atoms with E-state index in [2.05, 4.69) is 0 Å². The number of nitrogens with zero attached hydrogens (tertiary/aromatic N) is 1. The van der Waals surface area contributed by atoms with Crippen LogP contribution in [0.4, 0.5) is 0 Å². The molecule has 1 heterocycles. The number of hydrogen-bond donors (Lipinski definition) is 1. The monoisotopic (exact) mass is 425 g/mol. The Morgan fingerprint density at radius 1 is 1.11 bits per heavy atom. The zero-order valence-electron chi connectivity index (χ0n) is 16.2. The van der Waals surface area contributed by atoms with Crippen LogP contribution in [-0.4, -0.2) is 63.7 Å². The van der Waals surface area contributed by atoms with Crippen molar-refractivity contribution >= 4 is 20.0 Å². The third kappa shape index (κ3) is 5.50. The van der Waals surface area contributed by atoms with Gasteiger partial charge in [0.15, 0.2) is 11.5 Å². The highest BCUT2D eigenvalue weighted by Crippen LogP contribution is 2.63. The van der Waals surface area contributed by atoms with E-state index in [0.29, 0.717) is 31.9 Å². The molecular formula is C17H29ClNO7P. The second-order valence-electron chi connectivity index (χ2n) is 5.67. The summed E-state index contributed by atoms with van der Waals surface area (Å²) in [6.45, 7) is 6.29. The molecule has 1 fully saturated rings. The van der Waals surface area contributed by atoms with E-state index in [1.807, 2.05) is 4.90 Å². The SMILES string of the molecule is CCOP(=O)(OCC)C(c1cc(OC)c(O)c(OC)c1)N1CCOCC1.Cl. The Balaban J connectivity index is 0.00000364. The van der Waals surface area contributed by atoms with Crippen LogP contribution in [-0.2, 0) is 18.3 Å². The zero-order valence-corrected chi connectivity index (χ0v) is 17.9. The van der Waals surface area contributed by atoms with Crippen LogP contribution < -0.4 is 9.47 Å². The first-order valence-corrected chi connectivity index (χ1v) is 10.3. The quantitative estimate of drug-likeness (QED) is 0.602. The van der Waals surface area contributed by atoms with Gasteiger partial charge in [-0.25, -0.2) is 0 Å². The third-order valence-corrected chi connectivity index (χ3v) is 6.57. The summed E-state index contributed by atoms with van der Waals surface area (Å²) >= 11 is 0. The lowest BCUT2D eigenvalue weighted by Crippen LogP contribution is -2.39. The molecule has 0 spiro atoms. The van der Waals surface area contributed by atoms with E-state index >= 15 is 0 Å². The van der Waals surface area contributed by atoms with Crippen LogP contribution in [0.2, 0.25) is 0 Å². The van der Waals surface area contributed by atoms with Gasteiger partial charge in [0, 0.05) is 13.1 Å². The number of rotatable bonds is 9. The molecule has 0 aliphatic carbocycles. The topological polar surface area (TPSA) is 86.7 Å². The van der Waals surface area contributed by atoms with Gasteiger partial charge < -0.3 is 28.4 Å². The Labute approximate surface area is 166 Å². The summed E-state index contributed by atoms with van der Waals surface area (Å²) < 4.78 is 40.8. The number of phenolic OH excluding ortho intramolecular Hbond substituents is 1. The van der Waals surface area contributed by atoms with Crippen LogP contribution in [0.15, 0.2) is 12.1 Å². The summed E-state index contributed by atoms with van der Waals surface area (Å²) in [5.74, 6) is -0.300. The fraction of sp³-hybridized carbons (Fsp3) is 0.647. The minimum atomic E-state index is -3.52. The molecule has 1 aromatic rings. The van der Waals surface area contributed by atoms with Gasteiger partial charge in [-0.05, 0) is 31.5 Å². The minimum absolute atomic E-state index is 0. The molecule has 0 aromatic heterocycles. The van der Waals surface area contributed by atoms with Crippen molar-refractivity contribution in [1.82, 2.24) is 4.90 Å². The number of morpholine rings is 1. The van der Waals surface area contributed by atoms with Gasteiger partial charge >= 0.3 is 7.60 Å². The molecule has 8 nitrogen and oxygen atoms in total. The molecule has 0 radical (unpaired) electrons. The van der Waals surface area contributed by atoms with E-state index < -0.39 is 13.4 Å². The summed E-state index contributed by atoms with van der Waals surface area (Å²) in [4.78, 5) is 2.01. The standard InChI is InChI=1S/C17H28NO7P.ClH/c1-5-24-26(20,25-6-2)17(18-7-9-23-10-8-18)13-11-14(21-3)16(19)15(12-13)22-4;/h11-12,17,19H,5-10H2,1-4H3;1H. The van der Waals surface area contributed by atoms with E-state index in [4.69, 9.17) is 23.3 Å². The molecule has 1 aromatic carbocycles. The van der Waals surface area contributed by atoms with Crippen molar-refractivity contribution in [1.29, 1.82) is 0 Å². The normalized spacial score (nSPS) is 16.4. The zero-order chi connectivity index (χ0) is 19.2. The number of benzene rings is 1.